The smallest absolute Gasteiger partial charge is 0.315 e. The molecule has 118 valence electrons. The Morgan fingerprint density at radius 1 is 1.36 bits per heavy atom. The molecule has 2 rings (SSSR count). The van der Waals surface area contributed by atoms with Crippen LogP contribution < -0.4 is 10.6 Å². The molecule has 5 nitrogen and oxygen atoms in total. The van der Waals surface area contributed by atoms with E-state index in [9.17, 15) is 9.18 Å². The molecule has 0 aliphatic rings. The number of carbonyl (C=O) groups is 1. The van der Waals surface area contributed by atoms with E-state index >= 15 is 0 Å². The molecule has 0 saturated carbocycles. The van der Waals surface area contributed by atoms with Gasteiger partial charge < -0.3 is 15.2 Å². The first-order chi connectivity index (χ1) is 10.6. The number of hydrogen-bond donors (Lipinski definition) is 2. The highest BCUT2D eigenvalue weighted by Gasteiger charge is 2.20. The van der Waals surface area contributed by atoms with Gasteiger partial charge in [0, 0.05) is 26.0 Å². The van der Waals surface area contributed by atoms with E-state index in [1.807, 2.05) is 17.8 Å². The van der Waals surface area contributed by atoms with Crippen LogP contribution in [-0.4, -0.2) is 22.1 Å². The zero-order valence-electron chi connectivity index (χ0n) is 12.8. The van der Waals surface area contributed by atoms with Crippen LogP contribution in [0.4, 0.5) is 9.18 Å². The molecule has 1 atom stereocenters. The van der Waals surface area contributed by atoms with Crippen molar-refractivity contribution >= 4 is 6.03 Å². The molecule has 0 spiro atoms. The average molecular weight is 304 g/mol. The first kappa shape index (κ1) is 16.0. The van der Waals surface area contributed by atoms with Gasteiger partial charge in [-0.2, -0.15) is 0 Å². The molecule has 0 unspecified atom stereocenters. The summed E-state index contributed by atoms with van der Waals surface area (Å²) in [5, 5.41) is 5.71. The number of aryl methyl sites for hydroxylation is 1. The minimum atomic E-state index is -0.428. The molecule has 2 amide bonds. The van der Waals surface area contributed by atoms with E-state index in [0.717, 1.165) is 18.4 Å². The predicted molar refractivity (Wildman–Crippen MR) is 82.9 cm³/mol. The van der Waals surface area contributed by atoms with Crippen LogP contribution in [0.15, 0.2) is 36.7 Å². The molecular formula is C16H21FN4O. The highest BCUT2D eigenvalue weighted by atomic mass is 19.1. The van der Waals surface area contributed by atoms with Crippen molar-refractivity contribution in [2.45, 2.75) is 25.8 Å². The molecule has 0 aliphatic carbocycles. The lowest BCUT2D eigenvalue weighted by Crippen LogP contribution is -2.39. The Morgan fingerprint density at radius 2 is 2.09 bits per heavy atom. The Balaban J connectivity index is 2.17. The Morgan fingerprint density at radius 3 is 2.68 bits per heavy atom. The van der Waals surface area contributed by atoms with Gasteiger partial charge in [-0.25, -0.2) is 14.2 Å². The van der Waals surface area contributed by atoms with Crippen LogP contribution in [0.25, 0.3) is 0 Å². The quantitative estimate of drug-likeness (QED) is 0.806. The van der Waals surface area contributed by atoms with E-state index in [0.29, 0.717) is 12.4 Å². The summed E-state index contributed by atoms with van der Waals surface area (Å²) >= 11 is 0. The van der Waals surface area contributed by atoms with E-state index in [1.165, 1.54) is 12.1 Å². The van der Waals surface area contributed by atoms with Crippen LogP contribution in [0, 0.1) is 5.82 Å². The average Bonchev–Trinajstić information content (AvgIpc) is 2.92. The molecule has 2 N–H and O–H groups in total. The minimum absolute atomic E-state index is 0.259. The van der Waals surface area contributed by atoms with Crippen LogP contribution in [0.3, 0.4) is 0 Å². The number of benzene rings is 1. The topological polar surface area (TPSA) is 59.0 Å². The number of nitrogens with one attached hydrogen (secondary N) is 2. The zero-order valence-corrected chi connectivity index (χ0v) is 12.8. The molecule has 22 heavy (non-hydrogen) atoms. The molecular weight excluding hydrogens is 283 g/mol. The fraction of sp³-hybridized carbons (Fsp3) is 0.375. The molecule has 0 saturated heterocycles. The number of aromatic nitrogens is 2. The van der Waals surface area contributed by atoms with Gasteiger partial charge in [0.2, 0.25) is 0 Å². The Kier molecular flexibility index (Phi) is 5.52. The van der Waals surface area contributed by atoms with Gasteiger partial charge in [-0.05, 0) is 24.1 Å². The highest BCUT2D eigenvalue weighted by molar-refractivity contribution is 5.74. The summed E-state index contributed by atoms with van der Waals surface area (Å²) in [6.07, 6.45) is 5.42. The van der Waals surface area contributed by atoms with Gasteiger partial charge in [-0.15, -0.1) is 0 Å². The number of unbranched alkanes of at least 4 members (excludes halogenated alkanes) is 1. The largest absolute Gasteiger partial charge is 0.338 e. The fourth-order valence-electron chi connectivity index (χ4n) is 2.17. The molecule has 0 bridgehead atoms. The fourth-order valence-corrected chi connectivity index (χ4v) is 2.17. The van der Waals surface area contributed by atoms with Crippen LogP contribution in [0.2, 0.25) is 0 Å². The molecule has 1 aromatic carbocycles. The molecule has 6 heteroatoms. The van der Waals surface area contributed by atoms with Crippen LogP contribution >= 0.6 is 0 Å². The van der Waals surface area contributed by atoms with Gasteiger partial charge in [0.05, 0.1) is 0 Å². The molecule has 2 aromatic rings. The zero-order chi connectivity index (χ0) is 15.9. The lowest BCUT2D eigenvalue weighted by molar-refractivity contribution is 0.238. The van der Waals surface area contributed by atoms with Gasteiger partial charge in [-0.1, -0.05) is 25.5 Å². The molecule has 1 heterocycles. The highest BCUT2D eigenvalue weighted by Crippen LogP contribution is 2.20. The second-order valence-corrected chi connectivity index (χ2v) is 5.13. The molecule has 1 aromatic heterocycles. The molecule has 0 aliphatic heterocycles. The standard InChI is InChI=1S/C16H21FN4O/c1-3-4-9-19-16(22)20-14(15-18-10-11-21(15)2)12-5-7-13(17)8-6-12/h5-8,10-11,14H,3-4,9H2,1-2H3,(H2,19,20,22)/t14-/m1/s1. The normalized spacial score (nSPS) is 12.0. The summed E-state index contributed by atoms with van der Waals surface area (Å²) in [6, 6.07) is 5.37. The predicted octanol–water partition coefficient (Wildman–Crippen LogP) is 2.75. The first-order valence-corrected chi connectivity index (χ1v) is 7.39. The second-order valence-electron chi connectivity index (χ2n) is 5.13. The number of nitrogens with zero attached hydrogens (tertiary/aromatic N) is 2. The summed E-state index contributed by atoms with van der Waals surface area (Å²) in [6.45, 7) is 2.69. The Bertz CT molecular complexity index is 609. The van der Waals surface area contributed by atoms with E-state index in [2.05, 4.69) is 22.5 Å². The maximum absolute atomic E-state index is 13.1. The van der Waals surface area contributed by atoms with E-state index in [4.69, 9.17) is 0 Å². The number of rotatable bonds is 6. The third-order valence-corrected chi connectivity index (χ3v) is 3.41. The van der Waals surface area contributed by atoms with E-state index in [1.54, 1.807) is 18.3 Å². The SMILES string of the molecule is CCCCNC(=O)N[C@H](c1ccc(F)cc1)c1nccn1C. The third kappa shape index (κ3) is 4.07. The number of halogens is 1. The van der Waals surface area contributed by atoms with Crippen LogP contribution in [0.1, 0.15) is 37.2 Å². The monoisotopic (exact) mass is 304 g/mol. The van der Waals surface area contributed by atoms with Crippen molar-refractivity contribution in [1.82, 2.24) is 20.2 Å². The van der Waals surface area contributed by atoms with Gasteiger partial charge in [0.1, 0.15) is 17.7 Å². The summed E-state index contributed by atoms with van der Waals surface area (Å²) in [5.41, 5.74) is 0.779. The lowest BCUT2D eigenvalue weighted by Gasteiger charge is -2.19. The number of urea groups is 1. The summed E-state index contributed by atoms with van der Waals surface area (Å²) in [5.74, 6) is 0.381. The van der Waals surface area contributed by atoms with Gasteiger partial charge >= 0.3 is 6.03 Å². The maximum Gasteiger partial charge on any atom is 0.315 e. The first-order valence-electron chi connectivity index (χ1n) is 7.39. The van der Waals surface area contributed by atoms with Crippen LogP contribution in [0.5, 0.6) is 0 Å². The number of amides is 2. The van der Waals surface area contributed by atoms with Gasteiger partial charge in [0.25, 0.3) is 0 Å². The van der Waals surface area contributed by atoms with Crippen molar-refractivity contribution in [3.8, 4) is 0 Å². The number of carbonyl (C=O) groups excluding carboxylic acids is 1. The number of imidazole rings is 1. The Hall–Kier alpha value is -2.37. The lowest BCUT2D eigenvalue weighted by atomic mass is 10.1. The second kappa shape index (κ2) is 7.59. The van der Waals surface area contributed by atoms with E-state index < -0.39 is 6.04 Å². The molecule has 0 radical (unpaired) electrons. The third-order valence-electron chi connectivity index (χ3n) is 3.41. The summed E-state index contributed by atoms with van der Waals surface area (Å²) in [7, 11) is 1.86. The minimum Gasteiger partial charge on any atom is -0.338 e. The summed E-state index contributed by atoms with van der Waals surface area (Å²) in [4.78, 5) is 16.3. The maximum atomic E-state index is 13.1. The van der Waals surface area contributed by atoms with Gasteiger partial charge in [-0.3, -0.25) is 0 Å². The van der Waals surface area contributed by atoms with Crippen molar-refractivity contribution in [3.63, 3.8) is 0 Å². The van der Waals surface area contributed by atoms with Gasteiger partial charge in [0.15, 0.2) is 0 Å². The van der Waals surface area contributed by atoms with E-state index in [-0.39, 0.29) is 11.8 Å². The van der Waals surface area contributed by atoms with Crippen molar-refractivity contribution < 1.29 is 9.18 Å². The molecule has 0 fully saturated rings. The van der Waals surface area contributed by atoms with Crippen molar-refractivity contribution in [3.05, 3.63) is 53.9 Å². The summed E-state index contributed by atoms with van der Waals surface area (Å²) < 4.78 is 15.0. The van der Waals surface area contributed by atoms with Crippen molar-refractivity contribution in [2.24, 2.45) is 7.05 Å². The van der Waals surface area contributed by atoms with Crippen molar-refractivity contribution in [1.29, 1.82) is 0 Å². The number of hydrogen-bond acceptors (Lipinski definition) is 2. The Labute approximate surface area is 129 Å². The van der Waals surface area contributed by atoms with Crippen molar-refractivity contribution in [2.75, 3.05) is 6.54 Å². The van der Waals surface area contributed by atoms with Crippen LogP contribution in [-0.2, 0) is 7.05 Å².